The molecule has 126 valence electrons. The number of alkyl halides is 3. The number of para-hydroxylation sites is 1. The highest BCUT2D eigenvalue weighted by Gasteiger charge is 2.31. The zero-order valence-corrected chi connectivity index (χ0v) is 12.4. The van der Waals surface area contributed by atoms with Crippen molar-refractivity contribution in [2.75, 3.05) is 5.32 Å². The fourth-order valence-corrected chi connectivity index (χ4v) is 2.11. The van der Waals surface area contributed by atoms with Gasteiger partial charge in [0.2, 0.25) is 0 Å². The third-order valence-electron chi connectivity index (χ3n) is 3.02. The number of benzene rings is 2. The molecule has 0 saturated carbocycles. The van der Waals surface area contributed by atoms with Crippen LogP contribution < -0.4 is 5.32 Å². The Morgan fingerprint density at radius 1 is 1.08 bits per heavy atom. The molecular formula is C15H8ClF4NO3. The first-order valence-corrected chi connectivity index (χ1v) is 6.69. The number of carbonyl (C=O) groups is 2. The van der Waals surface area contributed by atoms with Crippen LogP contribution in [-0.4, -0.2) is 17.0 Å². The van der Waals surface area contributed by atoms with Gasteiger partial charge in [0.25, 0.3) is 5.91 Å². The largest absolute Gasteiger partial charge is 0.478 e. The summed E-state index contributed by atoms with van der Waals surface area (Å²) in [6.45, 7) is 0. The molecule has 0 radical (unpaired) electrons. The molecule has 0 fully saturated rings. The zero-order valence-electron chi connectivity index (χ0n) is 11.6. The standard InChI is InChI=1S/C15H8ClF4NO3/c16-10-3-1-2-9(14(23)24)12(10)21-13(22)8-5-4-7(6-11(8)17)15(18,19)20/h1-6H,(H,21,22)(H,23,24). The Morgan fingerprint density at radius 2 is 1.75 bits per heavy atom. The lowest BCUT2D eigenvalue weighted by atomic mass is 10.1. The lowest BCUT2D eigenvalue weighted by Crippen LogP contribution is -2.17. The number of rotatable bonds is 3. The number of anilines is 1. The maximum Gasteiger partial charge on any atom is 0.416 e. The predicted octanol–water partition coefficient (Wildman–Crippen LogP) is 4.45. The Bertz CT molecular complexity index is 821. The molecule has 9 heteroatoms. The molecule has 0 aromatic heterocycles. The van der Waals surface area contributed by atoms with Gasteiger partial charge in [-0.25, -0.2) is 9.18 Å². The van der Waals surface area contributed by atoms with Gasteiger partial charge in [-0.05, 0) is 30.3 Å². The van der Waals surface area contributed by atoms with E-state index in [0.29, 0.717) is 12.1 Å². The van der Waals surface area contributed by atoms with Crippen molar-refractivity contribution >= 4 is 29.2 Å². The molecule has 2 aromatic rings. The smallest absolute Gasteiger partial charge is 0.416 e. The van der Waals surface area contributed by atoms with Crippen LogP contribution in [0, 0.1) is 5.82 Å². The van der Waals surface area contributed by atoms with Crippen molar-refractivity contribution in [2.24, 2.45) is 0 Å². The monoisotopic (exact) mass is 361 g/mol. The fourth-order valence-electron chi connectivity index (χ4n) is 1.89. The molecule has 4 nitrogen and oxygen atoms in total. The average molecular weight is 362 g/mol. The first-order chi connectivity index (χ1) is 11.1. The van der Waals surface area contributed by atoms with Gasteiger partial charge in [-0.2, -0.15) is 13.2 Å². The van der Waals surface area contributed by atoms with Crippen molar-refractivity contribution in [3.8, 4) is 0 Å². The highest BCUT2D eigenvalue weighted by atomic mass is 35.5. The summed E-state index contributed by atoms with van der Waals surface area (Å²) in [5, 5.41) is 11.0. The van der Waals surface area contributed by atoms with Crippen molar-refractivity contribution in [3.63, 3.8) is 0 Å². The molecule has 0 aliphatic rings. The minimum absolute atomic E-state index is 0.115. The van der Waals surface area contributed by atoms with Crippen LogP contribution in [0.3, 0.4) is 0 Å². The normalized spacial score (nSPS) is 11.2. The molecule has 2 rings (SSSR count). The van der Waals surface area contributed by atoms with E-state index in [1.807, 2.05) is 0 Å². The minimum Gasteiger partial charge on any atom is -0.478 e. The Hall–Kier alpha value is -2.61. The molecule has 0 unspecified atom stereocenters. The molecule has 0 aliphatic carbocycles. The van der Waals surface area contributed by atoms with E-state index < -0.39 is 35.0 Å². The lowest BCUT2D eigenvalue weighted by Gasteiger charge is -2.12. The number of hydrogen-bond acceptors (Lipinski definition) is 2. The van der Waals surface area contributed by atoms with Crippen LogP contribution in [0.15, 0.2) is 36.4 Å². The van der Waals surface area contributed by atoms with Crippen LogP contribution in [0.1, 0.15) is 26.3 Å². The van der Waals surface area contributed by atoms with Gasteiger partial charge in [-0.15, -0.1) is 0 Å². The van der Waals surface area contributed by atoms with Crippen molar-refractivity contribution in [2.45, 2.75) is 6.18 Å². The Morgan fingerprint density at radius 3 is 2.29 bits per heavy atom. The van der Waals surface area contributed by atoms with Crippen LogP contribution in [0.4, 0.5) is 23.2 Å². The van der Waals surface area contributed by atoms with E-state index in [-0.39, 0.29) is 22.3 Å². The van der Waals surface area contributed by atoms with Crippen molar-refractivity contribution in [1.82, 2.24) is 0 Å². The van der Waals surface area contributed by atoms with Gasteiger partial charge in [0.1, 0.15) is 5.82 Å². The Kier molecular flexibility index (Phi) is 4.79. The topological polar surface area (TPSA) is 66.4 Å². The van der Waals surface area contributed by atoms with E-state index in [2.05, 4.69) is 5.32 Å². The molecule has 0 bridgehead atoms. The molecule has 0 heterocycles. The van der Waals surface area contributed by atoms with Gasteiger partial charge in [-0.3, -0.25) is 4.79 Å². The SMILES string of the molecule is O=C(Nc1c(Cl)cccc1C(=O)O)c1ccc(C(F)(F)F)cc1F. The minimum atomic E-state index is -4.75. The van der Waals surface area contributed by atoms with Crippen LogP contribution in [0.25, 0.3) is 0 Å². The molecule has 0 spiro atoms. The van der Waals surface area contributed by atoms with E-state index in [1.54, 1.807) is 0 Å². The van der Waals surface area contributed by atoms with E-state index in [0.717, 1.165) is 6.07 Å². The number of carboxylic acid groups (broad SMARTS) is 1. The second-order valence-corrected chi connectivity index (χ2v) is 5.02. The summed E-state index contributed by atoms with van der Waals surface area (Å²) in [4.78, 5) is 23.1. The van der Waals surface area contributed by atoms with E-state index >= 15 is 0 Å². The van der Waals surface area contributed by atoms with Crippen molar-refractivity contribution in [3.05, 3.63) is 63.9 Å². The summed E-state index contributed by atoms with van der Waals surface area (Å²) in [5.41, 5.74) is -2.56. The Balaban J connectivity index is 2.37. The summed E-state index contributed by atoms with van der Waals surface area (Å²) >= 11 is 5.81. The molecule has 1 amide bonds. The zero-order chi connectivity index (χ0) is 18.1. The maximum absolute atomic E-state index is 13.8. The van der Waals surface area contributed by atoms with Gasteiger partial charge >= 0.3 is 12.1 Å². The predicted molar refractivity (Wildman–Crippen MR) is 77.8 cm³/mol. The summed E-state index contributed by atoms with van der Waals surface area (Å²) < 4.78 is 51.3. The molecule has 0 atom stereocenters. The van der Waals surface area contributed by atoms with E-state index in [1.165, 1.54) is 12.1 Å². The maximum atomic E-state index is 13.8. The fraction of sp³-hybridized carbons (Fsp3) is 0.0667. The molecule has 24 heavy (non-hydrogen) atoms. The highest BCUT2D eigenvalue weighted by Crippen LogP contribution is 2.31. The summed E-state index contributed by atoms with van der Waals surface area (Å²) in [5.74, 6) is -3.91. The van der Waals surface area contributed by atoms with Crippen LogP contribution in [0.2, 0.25) is 5.02 Å². The van der Waals surface area contributed by atoms with Crippen LogP contribution in [0.5, 0.6) is 0 Å². The molecule has 2 N–H and O–H groups in total. The van der Waals surface area contributed by atoms with Crippen LogP contribution in [-0.2, 0) is 6.18 Å². The van der Waals surface area contributed by atoms with E-state index in [4.69, 9.17) is 16.7 Å². The third-order valence-corrected chi connectivity index (χ3v) is 3.34. The molecule has 0 saturated heterocycles. The first kappa shape index (κ1) is 17.7. The number of nitrogens with one attached hydrogen (secondary N) is 1. The molecular weight excluding hydrogens is 354 g/mol. The number of aromatic carboxylic acids is 1. The quantitative estimate of drug-likeness (QED) is 0.794. The number of hydrogen-bond donors (Lipinski definition) is 2. The van der Waals surface area contributed by atoms with E-state index in [9.17, 15) is 27.2 Å². The van der Waals surface area contributed by atoms with Gasteiger partial charge in [0.05, 0.1) is 27.4 Å². The van der Waals surface area contributed by atoms with Crippen molar-refractivity contribution in [1.29, 1.82) is 0 Å². The summed E-state index contributed by atoms with van der Waals surface area (Å²) in [7, 11) is 0. The average Bonchev–Trinajstić information content (AvgIpc) is 2.47. The third kappa shape index (κ3) is 3.65. The summed E-state index contributed by atoms with van der Waals surface area (Å²) in [6.07, 6.45) is -4.75. The first-order valence-electron chi connectivity index (χ1n) is 6.31. The second kappa shape index (κ2) is 6.48. The van der Waals surface area contributed by atoms with Gasteiger partial charge in [0.15, 0.2) is 0 Å². The number of amides is 1. The number of carboxylic acids is 1. The summed E-state index contributed by atoms with van der Waals surface area (Å²) in [6, 6.07) is 5.17. The van der Waals surface area contributed by atoms with Gasteiger partial charge in [0, 0.05) is 0 Å². The molecule has 2 aromatic carbocycles. The number of carbonyl (C=O) groups excluding carboxylic acids is 1. The van der Waals surface area contributed by atoms with Crippen LogP contribution >= 0.6 is 11.6 Å². The van der Waals surface area contributed by atoms with Gasteiger partial charge in [-0.1, -0.05) is 17.7 Å². The Labute approximate surface area is 137 Å². The molecule has 0 aliphatic heterocycles. The number of halogens is 5. The van der Waals surface area contributed by atoms with Gasteiger partial charge < -0.3 is 10.4 Å². The highest BCUT2D eigenvalue weighted by molar-refractivity contribution is 6.34. The van der Waals surface area contributed by atoms with Crippen molar-refractivity contribution < 1.29 is 32.3 Å². The second-order valence-electron chi connectivity index (χ2n) is 4.61. The lowest BCUT2D eigenvalue weighted by molar-refractivity contribution is -0.137.